The molecule has 3 N–H and O–H groups in total. The van der Waals surface area contributed by atoms with E-state index in [1.165, 1.54) is 11.8 Å². The number of thioether (sulfide) groups is 1. The van der Waals surface area contributed by atoms with Crippen LogP contribution in [-0.4, -0.2) is 44.0 Å². The molecule has 0 saturated carbocycles. The molecule has 1 heterocycles. The van der Waals surface area contributed by atoms with Gasteiger partial charge in [0.1, 0.15) is 12.2 Å². The summed E-state index contributed by atoms with van der Waals surface area (Å²) in [6.45, 7) is 0. The Balaban J connectivity index is 2.52. The van der Waals surface area contributed by atoms with Crippen LogP contribution in [0.4, 0.5) is 0 Å². The molecule has 1 saturated heterocycles. The third kappa shape index (κ3) is 1.60. The molecule has 1 fully saturated rings. The molecule has 0 spiro atoms. The van der Waals surface area contributed by atoms with Crippen LogP contribution in [-0.2, 0) is 0 Å². The first-order valence-electron chi connectivity index (χ1n) is 2.97. The van der Waals surface area contributed by atoms with Crippen molar-refractivity contribution >= 4 is 24.4 Å². The van der Waals surface area contributed by atoms with Crippen LogP contribution in [0, 0.1) is 0 Å². The fourth-order valence-corrected chi connectivity index (χ4v) is 2.17. The molecule has 10 heavy (non-hydrogen) atoms. The monoisotopic (exact) mass is 182 g/mol. The minimum atomic E-state index is -1.04. The fourth-order valence-electron chi connectivity index (χ4n) is 0.791. The SMILES string of the molecule is O[C@@H]1[C@@H](O)[C@@H](O)CS[C@H]1S. The zero-order chi connectivity index (χ0) is 7.72. The summed E-state index contributed by atoms with van der Waals surface area (Å²) in [5.74, 6) is 0.437. The van der Waals surface area contributed by atoms with Gasteiger partial charge < -0.3 is 15.3 Å². The third-order valence-corrected chi connectivity index (χ3v) is 3.38. The molecular weight excluding hydrogens is 172 g/mol. The van der Waals surface area contributed by atoms with Gasteiger partial charge in [-0.2, -0.15) is 12.6 Å². The molecule has 0 aromatic rings. The van der Waals surface area contributed by atoms with E-state index in [9.17, 15) is 0 Å². The van der Waals surface area contributed by atoms with Gasteiger partial charge in [-0.15, -0.1) is 11.8 Å². The van der Waals surface area contributed by atoms with E-state index in [1.807, 2.05) is 0 Å². The van der Waals surface area contributed by atoms with Crippen LogP contribution >= 0.6 is 24.4 Å². The van der Waals surface area contributed by atoms with Gasteiger partial charge in [-0.25, -0.2) is 0 Å². The third-order valence-electron chi connectivity index (χ3n) is 1.47. The Morgan fingerprint density at radius 1 is 1.20 bits per heavy atom. The average Bonchev–Trinajstić information content (AvgIpc) is 1.93. The zero-order valence-electron chi connectivity index (χ0n) is 5.21. The summed E-state index contributed by atoms with van der Waals surface area (Å²) in [6.07, 6.45) is -2.77. The Hall–Kier alpha value is 0.580. The van der Waals surface area contributed by atoms with Crippen LogP contribution in [0.3, 0.4) is 0 Å². The minimum absolute atomic E-state index is 0.279. The van der Waals surface area contributed by atoms with Crippen LogP contribution in [0.25, 0.3) is 0 Å². The lowest BCUT2D eigenvalue weighted by Crippen LogP contribution is -2.47. The van der Waals surface area contributed by atoms with Gasteiger partial charge in [0.15, 0.2) is 0 Å². The topological polar surface area (TPSA) is 60.7 Å². The molecule has 0 unspecified atom stereocenters. The van der Waals surface area contributed by atoms with Gasteiger partial charge in [0, 0.05) is 5.75 Å². The van der Waals surface area contributed by atoms with E-state index >= 15 is 0 Å². The summed E-state index contributed by atoms with van der Waals surface area (Å²) in [5, 5.41) is 27.2. The molecule has 0 amide bonds. The Morgan fingerprint density at radius 2 is 1.80 bits per heavy atom. The van der Waals surface area contributed by atoms with E-state index in [4.69, 9.17) is 15.3 Å². The van der Waals surface area contributed by atoms with Crippen LogP contribution < -0.4 is 0 Å². The second-order valence-corrected chi connectivity index (χ2v) is 4.35. The van der Waals surface area contributed by atoms with Crippen molar-refractivity contribution in [3.8, 4) is 0 Å². The number of aliphatic hydroxyl groups is 3. The quantitative estimate of drug-likeness (QED) is 0.366. The normalized spacial score (nSPS) is 49.2. The van der Waals surface area contributed by atoms with Crippen molar-refractivity contribution in [1.82, 2.24) is 0 Å². The summed E-state index contributed by atoms with van der Waals surface area (Å²) in [4.78, 5) is 0. The van der Waals surface area contributed by atoms with E-state index in [0.717, 1.165) is 0 Å². The van der Waals surface area contributed by atoms with E-state index in [1.54, 1.807) is 0 Å². The van der Waals surface area contributed by atoms with Crippen molar-refractivity contribution in [1.29, 1.82) is 0 Å². The highest BCUT2D eigenvalue weighted by atomic mass is 32.2. The number of rotatable bonds is 0. The van der Waals surface area contributed by atoms with Gasteiger partial charge in [0.2, 0.25) is 0 Å². The summed E-state index contributed by atoms with van der Waals surface area (Å²) in [7, 11) is 0. The maximum absolute atomic E-state index is 9.11. The van der Waals surface area contributed by atoms with Gasteiger partial charge in [0.25, 0.3) is 0 Å². The van der Waals surface area contributed by atoms with Crippen molar-refractivity contribution in [2.24, 2.45) is 0 Å². The lowest BCUT2D eigenvalue weighted by Gasteiger charge is -2.31. The van der Waals surface area contributed by atoms with Crippen LogP contribution in [0.5, 0.6) is 0 Å². The van der Waals surface area contributed by atoms with Gasteiger partial charge in [-0.3, -0.25) is 0 Å². The molecule has 0 aliphatic carbocycles. The van der Waals surface area contributed by atoms with Gasteiger partial charge in [-0.1, -0.05) is 0 Å². The second-order valence-electron chi connectivity index (χ2n) is 2.27. The molecule has 0 bridgehead atoms. The number of hydrogen-bond donors (Lipinski definition) is 4. The Labute approximate surface area is 68.9 Å². The molecule has 0 aromatic carbocycles. The first kappa shape index (κ1) is 8.67. The number of thiol groups is 1. The van der Waals surface area contributed by atoms with Crippen molar-refractivity contribution in [3.63, 3.8) is 0 Å². The van der Waals surface area contributed by atoms with Crippen molar-refractivity contribution < 1.29 is 15.3 Å². The molecular formula is C5H10O3S2. The number of hydrogen-bond acceptors (Lipinski definition) is 5. The summed E-state index contributed by atoms with van der Waals surface area (Å²) in [5.41, 5.74) is 0. The highest BCUT2D eigenvalue weighted by Gasteiger charge is 2.34. The summed E-state index contributed by atoms with van der Waals surface area (Å²) >= 11 is 5.34. The molecule has 0 aromatic heterocycles. The van der Waals surface area contributed by atoms with E-state index in [-0.39, 0.29) is 4.58 Å². The lowest BCUT2D eigenvalue weighted by atomic mass is 10.1. The standard InChI is InChI=1S/C5H10O3S2/c6-2-1-10-5(9)4(8)3(2)7/h2-9H,1H2/t2-,3-,4+,5+/m0/s1. The molecule has 60 valence electrons. The van der Waals surface area contributed by atoms with Crippen molar-refractivity contribution in [3.05, 3.63) is 0 Å². The maximum atomic E-state index is 9.11. The molecule has 0 radical (unpaired) electrons. The minimum Gasteiger partial charge on any atom is -0.389 e. The van der Waals surface area contributed by atoms with E-state index < -0.39 is 18.3 Å². The Kier molecular flexibility index (Phi) is 2.88. The highest BCUT2D eigenvalue weighted by Crippen LogP contribution is 2.28. The smallest absolute Gasteiger partial charge is 0.108 e. The summed E-state index contributed by atoms with van der Waals surface area (Å²) in [6, 6.07) is 0. The van der Waals surface area contributed by atoms with Gasteiger partial charge in [0.05, 0.1) is 10.7 Å². The van der Waals surface area contributed by atoms with Crippen LogP contribution in [0.1, 0.15) is 0 Å². The van der Waals surface area contributed by atoms with Gasteiger partial charge >= 0.3 is 0 Å². The molecule has 1 rings (SSSR count). The predicted octanol–water partition coefficient (Wildman–Crippen LogP) is -0.928. The van der Waals surface area contributed by atoms with Crippen molar-refractivity contribution in [2.75, 3.05) is 5.75 Å². The van der Waals surface area contributed by atoms with E-state index in [2.05, 4.69) is 12.6 Å². The average molecular weight is 182 g/mol. The molecule has 3 nitrogen and oxygen atoms in total. The predicted molar refractivity (Wildman–Crippen MR) is 43.3 cm³/mol. The number of aliphatic hydroxyl groups excluding tert-OH is 3. The largest absolute Gasteiger partial charge is 0.389 e. The van der Waals surface area contributed by atoms with Crippen LogP contribution in [0.15, 0.2) is 0 Å². The molecule has 1 aliphatic rings. The lowest BCUT2D eigenvalue weighted by molar-refractivity contribution is -0.0472. The zero-order valence-corrected chi connectivity index (χ0v) is 6.92. The second kappa shape index (κ2) is 3.32. The molecule has 1 aliphatic heterocycles. The van der Waals surface area contributed by atoms with Crippen molar-refractivity contribution in [2.45, 2.75) is 22.9 Å². The summed E-state index contributed by atoms with van der Waals surface area (Å²) < 4.78 is -0.279. The first-order chi connectivity index (χ1) is 4.63. The Bertz CT molecular complexity index is 107. The first-order valence-corrected chi connectivity index (χ1v) is 4.53. The molecule has 4 atom stereocenters. The van der Waals surface area contributed by atoms with E-state index in [0.29, 0.717) is 5.75 Å². The molecule has 5 heteroatoms. The Morgan fingerprint density at radius 3 is 2.30 bits per heavy atom. The highest BCUT2D eigenvalue weighted by molar-refractivity contribution is 8.10. The maximum Gasteiger partial charge on any atom is 0.108 e. The fraction of sp³-hybridized carbons (Fsp3) is 1.00. The van der Waals surface area contributed by atoms with Crippen LogP contribution in [0.2, 0.25) is 0 Å². The van der Waals surface area contributed by atoms with Gasteiger partial charge in [-0.05, 0) is 0 Å².